The predicted octanol–water partition coefficient (Wildman–Crippen LogP) is 30.8. The maximum absolute atomic E-state index is 4.60. The van der Waals surface area contributed by atoms with Crippen molar-refractivity contribution in [1.82, 2.24) is 39.9 Å². The van der Waals surface area contributed by atoms with Crippen LogP contribution in [0.5, 0.6) is 0 Å². The van der Waals surface area contributed by atoms with Gasteiger partial charge in [0.15, 0.2) is 0 Å². The second-order valence-electron chi connectivity index (χ2n) is 32.3. The molecule has 0 bridgehead atoms. The summed E-state index contributed by atoms with van der Waals surface area (Å²) in [4.78, 5) is 35.5. The van der Waals surface area contributed by atoms with Crippen LogP contribution in [0.3, 0.4) is 0 Å². The molecule has 0 N–H and O–H groups in total. The number of hydrogen-bond donors (Lipinski definition) is 0. The van der Waals surface area contributed by atoms with Crippen molar-refractivity contribution < 1.29 is 80.4 Å². The number of nitrogens with zero attached hydrogens (tertiary/aromatic N) is 8. The van der Waals surface area contributed by atoms with E-state index in [2.05, 4.69) is 276 Å². The van der Waals surface area contributed by atoms with Crippen molar-refractivity contribution in [2.24, 2.45) is 0 Å². The molecule has 0 aliphatic rings. The van der Waals surface area contributed by atoms with E-state index in [9.17, 15) is 0 Å². The maximum Gasteiger partial charge on any atom is 0.0242 e. The first-order valence-electron chi connectivity index (χ1n) is 44.2. The number of rotatable bonds is 13. The standard InChI is InChI=1S/C21H20N.C19H16N.2C18H14N.4C12H10N.4Ir/c1-21(2,3)19-12-13-22-20(15-19)18-11-7-10-17(14-18)16-8-5-4-6-9-16;1-2-15-13-19(17-11-7-4-8-12-17)20-14-18(15)16-9-5-3-6-10-16;2*1-14-12-18(16-10-6-3-7-11-16)19-13-17(14)15-8-4-2-5-9-15;1-10-7-8-13-12(9-10)11-5-3-2-4-6-11;3*1-10-7-8-12(13-9-10)11-5-3-2-4-6-11;;;;/h4-10,12-15H,1-3H3;3-11,13-14H,2H2,1H3;2*2-10,12-13H,1H3;4*2-5,7-9H,1H3;;;;/q8*-1;;;;. The van der Waals surface area contributed by atoms with E-state index in [0.29, 0.717) is 0 Å². The summed E-state index contributed by atoms with van der Waals surface area (Å²) in [6.45, 7) is 21.2. The second-order valence-corrected chi connectivity index (χ2v) is 32.3. The zero-order valence-corrected chi connectivity index (χ0v) is 87.3. The van der Waals surface area contributed by atoms with E-state index < -0.39 is 0 Å². The fourth-order valence-electron chi connectivity index (χ4n) is 14.0. The van der Waals surface area contributed by atoms with Crippen LogP contribution in [-0.2, 0) is 92.3 Å². The molecule has 0 aliphatic heterocycles. The van der Waals surface area contributed by atoms with Crippen molar-refractivity contribution in [2.75, 3.05) is 0 Å². The molecule has 0 spiro atoms. The second kappa shape index (κ2) is 55.9. The minimum Gasteiger partial charge on any atom is -0.305 e. The topological polar surface area (TPSA) is 103 Å². The number of aryl methyl sites for hydroxylation is 7. The minimum atomic E-state index is 0. The van der Waals surface area contributed by atoms with Crippen LogP contribution in [0.2, 0.25) is 0 Å². The van der Waals surface area contributed by atoms with E-state index in [1.54, 1.807) is 0 Å². The van der Waals surface area contributed by atoms with Gasteiger partial charge in [-0.3, -0.25) is 0 Å². The van der Waals surface area contributed by atoms with Gasteiger partial charge in [0, 0.05) is 147 Å². The van der Waals surface area contributed by atoms with Gasteiger partial charge in [0.05, 0.1) is 0 Å². The summed E-state index contributed by atoms with van der Waals surface area (Å²) in [7, 11) is 0. The van der Waals surface area contributed by atoms with Gasteiger partial charge in [-0.2, -0.15) is 0 Å². The average molecular weight is 2480 g/mol. The fraction of sp³-hybridized carbons (Fsp3) is 0.0968. The molecule has 4 radical (unpaired) electrons. The SMILES string of the molecule is CC(C)(C)c1ccnc(-c2[c-]ccc(-c3ccccc3)c2)c1.CCc1cc(-c2[c-]cccc2)ncc1-c1ccccc1.Cc1cc(-c2[c-]cccc2)ncc1-c1ccccc1.Cc1cc(-c2[c-]cccc2)ncc1-c1ccccc1.Cc1ccc(-c2[c-]cccc2)nc1.Cc1ccc(-c2[c-]cccc2)nc1.Cc1ccc(-c2[c-]cccc2)nc1.Cc1ccnc(-c2[c-]cccc2)c1.[Ir].[Ir].[Ir].[Ir]. The summed E-state index contributed by atoms with van der Waals surface area (Å²) in [5.74, 6) is 0. The molecule has 8 aromatic heterocycles. The Morgan fingerprint density at radius 2 is 0.500 bits per heavy atom. The molecule has 8 nitrogen and oxygen atoms in total. The third-order valence-electron chi connectivity index (χ3n) is 21.2. The molecule has 0 saturated carbocycles. The van der Waals surface area contributed by atoms with Gasteiger partial charge in [-0.1, -0.05) is 221 Å². The molecule has 20 rings (SSSR count). The Balaban J connectivity index is 0.000000175. The van der Waals surface area contributed by atoms with Crippen LogP contribution in [0, 0.1) is 90.1 Å². The average Bonchev–Trinajstić information content (AvgIpc) is 0.592. The Hall–Kier alpha value is -13.6. The molecule has 0 saturated heterocycles. The van der Waals surface area contributed by atoms with Crippen LogP contribution in [0.25, 0.3) is 135 Å². The maximum atomic E-state index is 4.60. The summed E-state index contributed by atoms with van der Waals surface area (Å²) in [6.07, 6.45) is 16.2. The molecule has 0 unspecified atom stereocenters. The molecule has 0 fully saturated rings. The minimum absolute atomic E-state index is 0. The molecule has 20 aromatic rings. The van der Waals surface area contributed by atoms with E-state index in [1.165, 1.54) is 89.0 Å². The summed E-state index contributed by atoms with van der Waals surface area (Å²) in [5, 5.41) is 0. The zero-order valence-electron chi connectivity index (χ0n) is 77.7. The molecule has 12 heteroatoms. The Labute approximate surface area is 859 Å². The monoisotopic (exact) mass is 2480 g/mol. The molecular formula is C124H104Ir4N8-8. The molecule has 0 aliphatic carbocycles. The van der Waals surface area contributed by atoms with E-state index in [0.717, 1.165) is 96.5 Å². The van der Waals surface area contributed by atoms with Crippen molar-refractivity contribution in [3.63, 3.8) is 0 Å². The smallest absolute Gasteiger partial charge is 0.0242 e. The van der Waals surface area contributed by atoms with Crippen LogP contribution >= 0.6 is 0 Å². The van der Waals surface area contributed by atoms with E-state index >= 15 is 0 Å². The van der Waals surface area contributed by atoms with Crippen LogP contribution in [-0.4, -0.2) is 39.9 Å². The summed E-state index contributed by atoms with van der Waals surface area (Å²) in [5.41, 5.74) is 35.7. The van der Waals surface area contributed by atoms with Crippen LogP contribution in [0.1, 0.15) is 72.2 Å². The predicted molar refractivity (Wildman–Crippen MR) is 546 cm³/mol. The van der Waals surface area contributed by atoms with Crippen molar-refractivity contribution in [3.8, 4) is 135 Å². The first-order valence-corrected chi connectivity index (χ1v) is 44.2. The van der Waals surface area contributed by atoms with Crippen molar-refractivity contribution >= 4 is 0 Å². The van der Waals surface area contributed by atoms with Gasteiger partial charge in [-0.15, -0.1) is 287 Å². The normalized spacial score (nSPS) is 10.1. The third-order valence-corrected chi connectivity index (χ3v) is 21.2. The Morgan fingerprint density at radius 1 is 0.213 bits per heavy atom. The Kier molecular flexibility index (Phi) is 43.7. The van der Waals surface area contributed by atoms with Gasteiger partial charge in [-0.05, 0) is 172 Å². The number of pyridine rings is 8. The summed E-state index contributed by atoms with van der Waals surface area (Å²) >= 11 is 0. The van der Waals surface area contributed by atoms with Gasteiger partial charge in [0.2, 0.25) is 0 Å². The molecule has 12 aromatic carbocycles. The van der Waals surface area contributed by atoms with Crippen molar-refractivity contribution in [1.29, 1.82) is 0 Å². The van der Waals surface area contributed by atoms with Crippen LogP contribution in [0.15, 0.2) is 438 Å². The summed E-state index contributed by atoms with van der Waals surface area (Å²) < 4.78 is 0. The first kappa shape index (κ1) is 106. The van der Waals surface area contributed by atoms with Gasteiger partial charge in [0.25, 0.3) is 0 Å². The third kappa shape index (κ3) is 32.6. The summed E-state index contributed by atoms with van der Waals surface area (Å²) in [6, 6.07) is 155. The van der Waals surface area contributed by atoms with Gasteiger partial charge in [-0.25, -0.2) is 0 Å². The Morgan fingerprint density at radius 3 is 0.809 bits per heavy atom. The van der Waals surface area contributed by atoms with Crippen molar-refractivity contribution in [2.45, 2.75) is 81.1 Å². The molecule has 0 atom stereocenters. The van der Waals surface area contributed by atoms with E-state index in [1.807, 2.05) is 319 Å². The van der Waals surface area contributed by atoms with Gasteiger partial charge in [0.1, 0.15) is 0 Å². The van der Waals surface area contributed by atoms with E-state index in [4.69, 9.17) is 0 Å². The number of aromatic nitrogens is 8. The van der Waals surface area contributed by atoms with Crippen LogP contribution < -0.4 is 0 Å². The number of benzene rings is 12. The van der Waals surface area contributed by atoms with E-state index in [-0.39, 0.29) is 85.8 Å². The largest absolute Gasteiger partial charge is 0.305 e. The van der Waals surface area contributed by atoms with Gasteiger partial charge < -0.3 is 39.9 Å². The van der Waals surface area contributed by atoms with Gasteiger partial charge >= 0.3 is 0 Å². The molecule has 8 heterocycles. The first-order chi connectivity index (χ1) is 64.5. The number of hydrogen-bond acceptors (Lipinski definition) is 8. The Bertz CT molecular complexity index is 6510. The van der Waals surface area contributed by atoms with Crippen LogP contribution in [0.4, 0.5) is 0 Å². The molecule has 684 valence electrons. The fourth-order valence-corrected chi connectivity index (χ4v) is 14.0. The molecular weight excluding hydrogens is 2370 g/mol. The molecule has 0 amide bonds. The van der Waals surface area contributed by atoms with Crippen molar-refractivity contribution in [3.05, 3.63) is 531 Å². The molecule has 136 heavy (non-hydrogen) atoms. The zero-order chi connectivity index (χ0) is 91.9. The quantitative estimate of drug-likeness (QED) is 0.105.